The largest absolute Gasteiger partial charge is 0.352 e. The number of rotatable bonds is 4. The number of amides is 1. The van der Waals surface area contributed by atoms with Crippen molar-refractivity contribution in [1.29, 1.82) is 5.26 Å². The standard InChI is InChI=1S/C11H11ClN2O/c12-10-5-2-1-4-9(10)8-14-11(15)6-3-7-13/h1-2,4-5H,3,6,8H2,(H,14,15). The molecular formula is C11H11ClN2O. The molecule has 0 saturated heterocycles. The summed E-state index contributed by atoms with van der Waals surface area (Å²) in [5, 5.41) is 11.6. The molecule has 1 aromatic rings. The number of benzene rings is 1. The van der Waals surface area contributed by atoms with Crippen LogP contribution in [0.3, 0.4) is 0 Å². The van der Waals surface area contributed by atoms with Crippen molar-refractivity contribution in [2.75, 3.05) is 0 Å². The molecule has 78 valence electrons. The van der Waals surface area contributed by atoms with Gasteiger partial charge < -0.3 is 5.32 Å². The summed E-state index contributed by atoms with van der Waals surface area (Å²) in [5.74, 6) is -0.128. The Labute approximate surface area is 93.7 Å². The number of carbonyl (C=O) groups is 1. The highest BCUT2D eigenvalue weighted by molar-refractivity contribution is 6.31. The van der Waals surface area contributed by atoms with E-state index in [2.05, 4.69) is 5.32 Å². The van der Waals surface area contributed by atoms with Gasteiger partial charge in [0.05, 0.1) is 6.07 Å². The lowest BCUT2D eigenvalue weighted by molar-refractivity contribution is -0.121. The quantitative estimate of drug-likeness (QED) is 0.850. The van der Waals surface area contributed by atoms with Crippen LogP contribution in [0, 0.1) is 11.3 Å². The van der Waals surface area contributed by atoms with E-state index in [1.165, 1.54) is 0 Å². The summed E-state index contributed by atoms with van der Waals surface area (Å²) in [6.07, 6.45) is 0.481. The summed E-state index contributed by atoms with van der Waals surface area (Å²) in [7, 11) is 0. The molecule has 15 heavy (non-hydrogen) atoms. The Balaban J connectivity index is 2.41. The third-order valence-corrected chi connectivity index (χ3v) is 2.27. The minimum Gasteiger partial charge on any atom is -0.352 e. The van der Waals surface area contributed by atoms with Gasteiger partial charge in [0, 0.05) is 24.4 Å². The lowest BCUT2D eigenvalue weighted by atomic mass is 10.2. The van der Waals surface area contributed by atoms with Gasteiger partial charge in [-0.3, -0.25) is 4.79 Å². The summed E-state index contributed by atoms with van der Waals surface area (Å²) < 4.78 is 0. The molecule has 1 N–H and O–H groups in total. The van der Waals surface area contributed by atoms with Crippen LogP contribution in [-0.2, 0) is 11.3 Å². The zero-order valence-electron chi connectivity index (χ0n) is 8.16. The molecule has 0 aromatic heterocycles. The Hall–Kier alpha value is -1.53. The fraction of sp³-hybridized carbons (Fsp3) is 0.273. The normalized spacial score (nSPS) is 9.33. The Bertz CT molecular complexity index is 384. The fourth-order valence-corrected chi connectivity index (χ4v) is 1.30. The van der Waals surface area contributed by atoms with Crippen molar-refractivity contribution in [2.24, 2.45) is 0 Å². The lowest BCUT2D eigenvalue weighted by Crippen LogP contribution is -2.22. The Morgan fingerprint density at radius 2 is 2.20 bits per heavy atom. The molecule has 4 heteroatoms. The molecule has 1 aromatic carbocycles. The van der Waals surface area contributed by atoms with Gasteiger partial charge in [0.15, 0.2) is 0 Å². The van der Waals surface area contributed by atoms with Crippen LogP contribution in [0.1, 0.15) is 18.4 Å². The summed E-state index contributed by atoms with van der Waals surface area (Å²) in [5.41, 5.74) is 0.879. The van der Waals surface area contributed by atoms with E-state index in [4.69, 9.17) is 16.9 Å². The topological polar surface area (TPSA) is 52.9 Å². The van der Waals surface area contributed by atoms with Gasteiger partial charge in [0.25, 0.3) is 0 Å². The van der Waals surface area contributed by atoms with Crippen LogP contribution in [0.2, 0.25) is 5.02 Å². The van der Waals surface area contributed by atoms with Gasteiger partial charge in [-0.05, 0) is 11.6 Å². The highest BCUT2D eigenvalue weighted by atomic mass is 35.5. The van der Waals surface area contributed by atoms with Crippen molar-refractivity contribution in [3.63, 3.8) is 0 Å². The van der Waals surface area contributed by atoms with Gasteiger partial charge in [-0.2, -0.15) is 5.26 Å². The highest BCUT2D eigenvalue weighted by Gasteiger charge is 2.02. The number of nitriles is 1. The third-order valence-electron chi connectivity index (χ3n) is 1.90. The third kappa shape index (κ3) is 4.01. The van der Waals surface area contributed by atoms with Crippen molar-refractivity contribution in [1.82, 2.24) is 5.32 Å². The van der Waals surface area contributed by atoms with Gasteiger partial charge in [-0.1, -0.05) is 29.8 Å². The first-order chi connectivity index (χ1) is 7.24. The van der Waals surface area contributed by atoms with Crippen LogP contribution >= 0.6 is 11.6 Å². The molecule has 0 unspecified atom stereocenters. The first kappa shape index (κ1) is 11.5. The molecule has 0 heterocycles. The second-order valence-corrected chi connectivity index (χ2v) is 3.43. The van der Waals surface area contributed by atoms with Gasteiger partial charge in [0.1, 0.15) is 0 Å². The van der Waals surface area contributed by atoms with Crippen molar-refractivity contribution in [2.45, 2.75) is 19.4 Å². The zero-order chi connectivity index (χ0) is 11.1. The predicted octanol–water partition coefficient (Wildman–Crippen LogP) is 2.26. The van der Waals surface area contributed by atoms with Crippen molar-refractivity contribution in [3.05, 3.63) is 34.9 Å². The molecule has 0 saturated carbocycles. The molecular weight excluding hydrogens is 212 g/mol. The van der Waals surface area contributed by atoms with Crippen molar-refractivity contribution >= 4 is 17.5 Å². The number of hydrogen-bond acceptors (Lipinski definition) is 2. The second kappa shape index (κ2) is 6.05. The highest BCUT2D eigenvalue weighted by Crippen LogP contribution is 2.14. The minimum absolute atomic E-state index is 0.128. The average Bonchev–Trinajstić information content (AvgIpc) is 2.25. The van der Waals surface area contributed by atoms with Crippen LogP contribution in [0.4, 0.5) is 0 Å². The Morgan fingerprint density at radius 1 is 1.47 bits per heavy atom. The molecule has 1 rings (SSSR count). The maximum Gasteiger partial charge on any atom is 0.221 e. The molecule has 0 bridgehead atoms. The zero-order valence-corrected chi connectivity index (χ0v) is 8.92. The first-order valence-corrected chi connectivity index (χ1v) is 4.99. The minimum atomic E-state index is -0.128. The van der Waals surface area contributed by atoms with Crippen molar-refractivity contribution in [3.8, 4) is 6.07 Å². The second-order valence-electron chi connectivity index (χ2n) is 3.03. The van der Waals surface area contributed by atoms with Crippen molar-refractivity contribution < 1.29 is 4.79 Å². The molecule has 0 aliphatic heterocycles. The van der Waals surface area contributed by atoms with E-state index in [1.54, 1.807) is 6.07 Å². The molecule has 1 amide bonds. The van der Waals surface area contributed by atoms with Crippen LogP contribution in [0.15, 0.2) is 24.3 Å². The van der Waals surface area contributed by atoms with E-state index in [0.717, 1.165) is 5.56 Å². The molecule has 0 spiro atoms. The summed E-state index contributed by atoms with van der Waals surface area (Å²) in [6.45, 7) is 0.407. The number of nitrogens with zero attached hydrogens (tertiary/aromatic N) is 1. The number of hydrogen-bond donors (Lipinski definition) is 1. The van der Waals surface area contributed by atoms with Crippen LogP contribution < -0.4 is 5.32 Å². The molecule has 0 aliphatic carbocycles. The molecule has 0 atom stereocenters. The average molecular weight is 223 g/mol. The number of halogens is 1. The van der Waals surface area contributed by atoms with E-state index in [9.17, 15) is 4.79 Å². The lowest BCUT2D eigenvalue weighted by Gasteiger charge is -2.05. The summed E-state index contributed by atoms with van der Waals surface area (Å²) >= 11 is 5.91. The maximum absolute atomic E-state index is 11.2. The molecule has 3 nitrogen and oxygen atoms in total. The molecule has 0 aliphatic rings. The summed E-state index contributed by atoms with van der Waals surface area (Å²) in [4.78, 5) is 11.2. The maximum atomic E-state index is 11.2. The smallest absolute Gasteiger partial charge is 0.221 e. The number of carbonyl (C=O) groups excluding carboxylic acids is 1. The van der Waals surface area contributed by atoms with E-state index in [0.29, 0.717) is 11.6 Å². The predicted molar refractivity (Wildman–Crippen MR) is 58.1 cm³/mol. The van der Waals surface area contributed by atoms with Gasteiger partial charge in [-0.15, -0.1) is 0 Å². The number of nitrogens with one attached hydrogen (secondary N) is 1. The Morgan fingerprint density at radius 3 is 2.87 bits per heavy atom. The van der Waals surface area contributed by atoms with E-state index >= 15 is 0 Å². The van der Waals surface area contributed by atoms with Gasteiger partial charge >= 0.3 is 0 Å². The SMILES string of the molecule is N#CCCC(=O)NCc1ccccc1Cl. The molecule has 0 fully saturated rings. The van der Waals surface area contributed by atoms with E-state index < -0.39 is 0 Å². The summed E-state index contributed by atoms with van der Waals surface area (Å²) in [6, 6.07) is 9.25. The fourth-order valence-electron chi connectivity index (χ4n) is 1.09. The first-order valence-electron chi connectivity index (χ1n) is 4.61. The Kier molecular flexibility index (Phi) is 4.65. The van der Waals surface area contributed by atoms with Crippen LogP contribution in [-0.4, -0.2) is 5.91 Å². The van der Waals surface area contributed by atoms with Crippen LogP contribution in [0.25, 0.3) is 0 Å². The van der Waals surface area contributed by atoms with Gasteiger partial charge in [-0.25, -0.2) is 0 Å². The van der Waals surface area contributed by atoms with E-state index in [1.807, 2.05) is 24.3 Å². The van der Waals surface area contributed by atoms with Gasteiger partial charge in [0.2, 0.25) is 5.91 Å². The monoisotopic (exact) mass is 222 g/mol. The molecule has 0 radical (unpaired) electrons. The van der Waals surface area contributed by atoms with E-state index in [-0.39, 0.29) is 18.7 Å². The van der Waals surface area contributed by atoms with Crippen LogP contribution in [0.5, 0.6) is 0 Å².